The number of rotatable bonds is 14. The van der Waals surface area contributed by atoms with Gasteiger partial charge in [-0.15, -0.1) is 0 Å². The lowest BCUT2D eigenvalue weighted by atomic mass is 9.85. The van der Waals surface area contributed by atoms with Crippen LogP contribution in [0, 0.1) is 17.3 Å². The van der Waals surface area contributed by atoms with E-state index in [4.69, 9.17) is 4.74 Å². The van der Waals surface area contributed by atoms with Crippen LogP contribution >= 0.6 is 0 Å². The molecule has 5 atom stereocenters. The Morgan fingerprint density at radius 2 is 1.61 bits per heavy atom. The minimum absolute atomic E-state index is 0.0398. The van der Waals surface area contributed by atoms with Crippen molar-refractivity contribution in [3.8, 4) is 0 Å². The smallest absolute Gasteiger partial charge is 0.410 e. The van der Waals surface area contributed by atoms with Crippen LogP contribution in [-0.4, -0.2) is 101 Å². The molecule has 1 aromatic rings. The standard InChI is InChI=1S/C40H54N6O8/c1-22(2)31(32(47)25-12-13-25)43-38(52)44-34(40(3,4)5)37(51)46-21-28(54-39(53)45-17-16-24-8-6-7-9-26(24)20-45)19-30(46)35(49)42-29(18-23-10-11-23)33(48)36(50)41-27-14-15-27/h6-9,23,25,27-31,34H,1,10-21H2,2-5H3,(H,41,50)(H,42,49)(H2,43,44,52)/t28-,29?,30+,31+,34-/m1/s1. The van der Waals surface area contributed by atoms with Gasteiger partial charge in [0.1, 0.15) is 24.2 Å². The van der Waals surface area contributed by atoms with E-state index in [9.17, 15) is 33.6 Å². The maximum Gasteiger partial charge on any atom is 0.410 e. The summed E-state index contributed by atoms with van der Waals surface area (Å²) in [7, 11) is 0. The zero-order valence-electron chi connectivity index (χ0n) is 31.8. The van der Waals surface area contributed by atoms with Crippen LogP contribution in [-0.2, 0) is 41.7 Å². The molecule has 1 aromatic carbocycles. The normalized spacial score (nSPS) is 22.5. The van der Waals surface area contributed by atoms with Gasteiger partial charge in [0, 0.05) is 31.5 Å². The second kappa shape index (κ2) is 15.9. The zero-order valence-corrected chi connectivity index (χ0v) is 31.8. The molecule has 4 N–H and O–H groups in total. The minimum Gasteiger partial charge on any atom is -0.444 e. The summed E-state index contributed by atoms with van der Waals surface area (Å²) in [5.74, 6) is -2.79. The third-order valence-electron chi connectivity index (χ3n) is 11.0. The molecule has 3 saturated carbocycles. The largest absolute Gasteiger partial charge is 0.444 e. The summed E-state index contributed by atoms with van der Waals surface area (Å²) in [6.07, 6.45) is 4.34. The molecule has 2 heterocycles. The predicted molar refractivity (Wildman–Crippen MR) is 198 cm³/mol. The molecule has 14 heteroatoms. The molecule has 3 aliphatic carbocycles. The quantitative estimate of drug-likeness (QED) is 0.166. The van der Waals surface area contributed by atoms with Crippen molar-refractivity contribution in [2.45, 2.75) is 128 Å². The number of nitrogens with one attached hydrogen (secondary N) is 4. The summed E-state index contributed by atoms with van der Waals surface area (Å²) in [6.45, 7) is 11.5. The number of ketones is 2. The molecule has 0 radical (unpaired) electrons. The molecule has 14 nitrogen and oxygen atoms in total. The fourth-order valence-corrected chi connectivity index (χ4v) is 7.23. The van der Waals surface area contributed by atoms with Crippen molar-refractivity contribution in [2.75, 3.05) is 13.1 Å². The first-order valence-corrected chi connectivity index (χ1v) is 19.3. The average molecular weight is 747 g/mol. The topological polar surface area (TPSA) is 183 Å². The lowest BCUT2D eigenvalue weighted by Crippen LogP contribution is -2.61. The first-order valence-electron chi connectivity index (χ1n) is 19.3. The van der Waals surface area contributed by atoms with Crippen LogP contribution in [0.25, 0.3) is 0 Å². The van der Waals surface area contributed by atoms with Gasteiger partial charge in [0.05, 0.1) is 12.6 Å². The Balaban J connectivity index is 1.20. The minimum atomic E-state index is -1.17. The van der Waals surface area contributed by atoms with E-state index in [-0.39, 0.29) is 36.6 Å². The second-order valence-corrected chi connectivity index (χ2v) is 16.9. The molecule has 0 spiro atoms. The highest BCUT2D eigenvalue weighted by atomic mass is 16.6. The molecule has 6 rings (SSSR count). The zero-order chi connectivity index (χ0) is 38.9. The summed E-state index contributed by atoms with van der Waals surface area (Å²) in [5, 5.41) is 10.9. The summed E-state index contributed by atoms with van der Waals surface area (Å²) >= 11 is 0. The number of nitrogens with zero attached hydrogens (tertiary/aromatic N) is 2. The van der Waals surface area contributed by atoms with Gasteiger partial charge in [-0.1, -0.05) is 70.0 Å². The highest BCUT2D eigenvalue weighted by Crippen LogP contribution is 2.35. The van der Waals surface area contributed by atoms with Crippen molar-refractivity contribution < 1.29 is 38.3 Å². The molecule has 292 valence electrons. The van der Waals surface area contributed by atoms with Crippen molar-refractivity contribution in [1.29, 1.82) is 0 Å². The van der Waals surface area contributed by atoms with Gasteiger partial charge in [0.2, 0.25) is 17.6 Å². The van der Waals surface area contributed by atoms with Gasteiger partial charge in [-0.2, -0.15) is 0 Å². The van der Waals surface area contributed by atoms with Gasteiger partial charge in [-0.25, -0.2) is 9.59 Å². The van der Waals surface area contributed by atoms with E-state index in [1.807, 2.05) is 24.3 Å². The first kappa shape index (κ1) is 39.0. The molecule has 54 heavy (non-hydrogen) atoms. The third kappa shape index (κ3) is 9.67. The third-order valence-corrected chi connectivity index (χ3v) is 11.0. The maximum absolute atomic E-state index is 14.6. The van der Waals surface area contributed by atoms with Crippen LogP contribution in [0.4, 0.5) is 9.59 Å². The molecule has 6 amide bonds. The van der Waals surface area contributed by atoms with Crippen molar-refractivity contribution in [1.82, 2.24) is 31.1 Å². The van der Waals surface area contributed by atoms with E-state index in [2.05, 4.69) is 27.8 Å². The van der Waals surface area contributed by atoms with E-state index < -0.39 is 71.3 Å². The van der Waals surface area contributed by atoms with E-state index >= 15 is 0 Å². The Labute approximate surface area is 316 Å². The van der Waals surface area contributed by atoms with Crippen molar-refractivity contribution >= 4 is 41.4 Å². The molecule has 1 saturated heterocycles. The maximum atomic E-state index is 14.6. The number of hydrogen-bond acceptors (Lipinski definition) is 8. The fraction of sp³-hybridized carbons (Fsp3) is 0.625. The Kier molecular flexibility index (Phi) is 11.5. The fourth-order valence-electron chi connectivity index (χ4n) is 7.23. The number of Topliss-reactive ketones (excluding diaryl/α,β-unsaturated/α-hetero) is 2. The second-order valence-electron chi connectivity index (χ2n) is 16.9. The molecule has 0 bridgehead atoms. The Morgan fingerprint density at radius 1 is 0.926 bits per heavy atom. The lowest BCUT2D eigenvalue weighted by molar-refractivity contribution is -0.144. The Hall–Kier alpha value is -4.75. The number of carbonyl (C=O) groups is 7. The van der Waals surface area contributed by atoms with Gasteiger partial charge in [-0.3, -0.25) is 24.0 Å². The number of urea groups is 1. The first-order chi connectivity index (χ1) is 25.6. The number of amides is 6. The average Bonchev–Trinajstić information content (AvgIpc) is 4.00. The van der Waals surface area contributed by atoms with E-state index in [0.717, 1.165) is 49.7 Å². The van der Waals surface area contributed by atoms with E-state index in [1.165, 1.54) is 4.90 Å². The van der Waals surface area contributed by atoms with Crippen molar-refractivity contribution in [3.63, 3.8) is 0 Å². The summed E-state index contributed by atoms with van der Waals surface area (Å²) in [5.41, 5.74) is 1.78. The van der Waals surface area contributed by atoms with Gasteiger partial charge in [0.15, 0.2) is 5.78 Å². The van der Waals surface area contributed by atoms with E-state index in [0.29, 0.717) is 31.5 Å². The number of benzene rings is 1. The van der Waals surface area contributed by atoms with Crippen LogP contribution in [0.5, 0.6) is 0 Å². The molecule has 2 aliphatic heterocycles. The lowest BCUT2D eigenvalue weighted by Gasteiger charge is -2.36. The van der Waals surface area contributed by atoms with Crippen LogP contribution in [0.15, 0.2) is 36.4 Å². The van der Waals surface area contributed by atoms with Gasteiger partial charge in [-0.05, 0) is 67.9 Å². The Bertz CT molecular complexity index is 1690. The molecule has 4 fully saturated rings. The summed E-state index contributed by atoms with van der Waals surface area (Å²) in [6, 6.07) is 2.75. The molecule has 1 unspecified atom stereocenters. The number of ether oxygens (including phenoxy) is 1. The van der Waals surface area contributed by atoms with Crippen LogP contribution in [0.2, 0.25) is 0 Å². The van der Waals surface area contributed by atoms with Crippen molar-refractivity contribution in [3.05, 3.63) is 47.5 Å². The Morgan fingerprint density at radius 3 is 2.22 bits per heavy atom. The highest BCUT2D eigenvalue weighted by Gasteiger charge is 2.48. The SMILES string of the molecule is C=C(C)[C@H](NC(=O)N[C@H](C(=O)N1C[C@H](OC(=O)N2CCc3ccccc3C2)C[C@H]1C(=O)NC(CC1CC1)C(=O)C(=O)NC1CC1)C(C)(C)C)C(=O)C1CC1. The highest BCUT2D eigenvalue weighted by molar-refractivity contribution is 6.38. The molecule has 0 aromatic heterocycles. The van der Waals surface area contributed by atoms with Gasteiger partial charge in [0.25, 0.3) is 5.91 Å². The molecular formula is C40H54N6O8. The number of hydrogen-bond donors (Lipinski definition) is 4. The van der Waals surface area contributed by atoms with Gasteiger partial charge < -0.3 is 35.8 Å². The molecular weight excluding hydrogens is 692 g/mol. The molecule has 5 aliphatic rings. The van der Waals surface area contributed by atoms with Crippen LogP contribution in [0.1, 0.15) is 90.2 Å². The number of likely N-dealkylation sites (tertiary alicyclic amines) is 1. The van der Waals surface area contributed by atoms with Crippen LogP contribution < -0.4 is 21.3 Å². The predicted octanol–water partition coefficient (Wildman–Crippen LogP) is 2.92. The number of fused-ring (bicyclic) bond motifs is 1. The summed E-state index contributed by atoms with van der Waals surface area (Å²) < 4.78 is 5.96. The van der Waals surface area contributed by atoms with Gasteiger partial charge >= 0.3 is 12.1 Å². The summed E-state index contributed by atoms with van der Waals surface area (Å²) in [4.78, 5) is 97.6. The monoisotopic (exact) mass is 746 g/mol. The van der Waals surface area contributed by atoms with Crippen LogP contribution in [0.3, 0.4) is 0 Å². The number of carbonyl (C=O) groups excluding carboxylic acids is 7. The van der Waals surface area contributed by atoms with E-state index in [1.54, 1.807) is 32.6 Å². The van der Waals surface area contributed by atoms with Crippen molar-refractivity contribution in [2.24, 2.45) is 17.3 Å².